The highest BCUT2D eigenvalue weighted by Gasteiger charge is 2.48. The highest BCUT2D eigenvalue weighted by molar-refractivity contribution is 7.10. The zero-order valence-electron chi connectivity index (χ0n) is 21.8. The Morgan fingerprint density at radius 3 is 2.27 bits per heavy atom. The first-order chi connectivity index (χ1) is 17.7. The van der Waals surface area contributed by atoms with Crippen LogP contribution in [0.15, 0.2) is 53.4 Å². The molecular formula is C29H31NO6S. The fourth-order valence-corrected chi connectivity index (χ4v) is 5.38. The molecule has 1 unspecified atom stereocenters. The molecule has 0 radical (unpaired) electrons. The first-order valence-electron chi connectivity index (χ1n) is 12.0. The molecule has 0 spiro atoms. The number of methoxy groups -OCH3 is 2. The van der Waals surface area contributed by atoms with Gasteiger partial charge in [-0.3, -0.25) is 14.5 Å². The molecule has 4 rings (SSSR count). The number of rotatable bonds is 8. The molecule has 8 heteroatoms. The summed E-state index contributed by atoms with van der Waals surface area (Å²) in [6.45, 7) is 8.51. The minimum Gasteiger partial charge on any atom is -0.507 e. The van der Waals surface area contributed by atoms with Crippen LogP contribution in [-0.4, -0.2) is 37.6 Å². The molecule has 2 aromatic carbocycles. The van der Waals surface area contributed by atoms with E-state index in [2.05, 4.69) is 13.8 Å². The minimum atomic E-state index is -0.796. The van der Waals surface area contributed by atoms with E-state index in [0.29, 0.717) is 41.0 Å². The molecular weight excluding hydrogens is 490 g/mol. The van der Waals surface area contributed by atoms with Gasteiger partial charge in [-0.15, -0.1) is 11.3 Å². The normalized spacial score (nSPS) is 16.9. The van der Waals surface area contributed by atoms with E-state index in [-0.39, 0.29) is 11.3 Å². The number of ketones is 1. The van der Waals surface area contributed by atoms with Gasteiger partial charge in [-0.2, -0.15) is 0 Å². The number of aryl methyl sites for hydroxylation is 2. The number of hydrogen-bond donors (Lipinski definition) is 1. The van der Waals surface area contributed by atoms with Crippen LogP contribution in [0.2, 0.25) is 0 Å². The molecule has 1 aliphatic rings. The first-order valence-corrected chi connectivity index (χ1v) is 12.9. The number of thiophene rings is 1. The Morgan fingerprint density at radius 2 is 1.68 bits per heavy atom. The number of carbonyl (C=O) groups excluding carboxylic acids is 2. The summed E-state index contributed by atoms with van der Waals surface area (Å²) in [5.74, 6) is 0.314. The van der Waals surface area contributed by atoms with Crippen LogP contribution < -0.4 is 19.1 Å². The number of nitrogens with zero attached hydrogens (tertiary/aromatic N) is 1. The van der Waals surface area contributed by atoms with E-state index < -0.39 is 17.7 Å². The second-order valence-corrected chi connectivity index (χ2v) is 10.3. The molecule has 0 bridgehead atoms. The van der Waals surface area contributed by atoms with Gasteiger partial charge in [-0.1, -0.05) is 13.8 Å². The van der Waals surface area contributed by atoms with Crippen LogP contribution in [0.3, 0.4) is 0 Å². The lowest BCUT2D eigenvalue weighted by Gasteiger charge is -2.25. The van der Waals surface area contributed by atoms with Gasteiger partial charge in [-0.05, 0) is 72.7 Å². The van der Waals surface area contributed by atoms with Crippen molar-refractivity contribution >= 4 is 34.5 Å². The molecule has 1 aromatic heterocycles. The topological polar surface area (TPSA) is 85.3 Å². The minimum absolute atomic E-state index is 0.0422. The maximum atomic E-state index is 13.4. The average molecular weight is 522 g/mol. The standard InChI is InChI=1S/C29H31NO6S/c1-16(2)15-36-21-9-7-19(13-18(21)4)26(31)24-25(28-17(3)11-12-37-28)30(29(33)27(24)32)20-8-10-22(34-5)23(14-20)35-6/h7-14,16,25,31H,15H2,1-6H3/b26-24-. The molecule has 3 aromatic rings. The SMILES string of the molecule is COc1ccc(N2C(=O)C(=O)/C(=C(\O)c3ccc(OCC(C)C)c(C)c3)C2c2sccc2C)cc1OC. The van der Waals surface area contributed by atoms with Gasteiger partial charge in [0.15, 0.2) is 11.5 Å². The average Bonchev–Trinajstić information content (AvgIpc) is 3.42. The Kier molecular flexibility index (Phi) is 7.59. The second-order valence-electron chi connectivity index (χ2n) is 9.36. The van der Waals surface area contributed by atoms with Crippen LogP contribution in [0.4, 0.5) is 5.69 Å². The van der Waals surface area contributed by atoms with Gasteiger partial charge in [0.1, 0.15) is 17.6 Å². The Morgan fingerprint density at radius 1 is 0.973 bits per heavy atom. The molecule has 1 atom stereocenters. The van der Waals surface area contributed by atoms with Crippen molar-refractivity contribution in [3.8, 4) is 17.2 Å². The molecule has 194 valence electrons. The van der Waals surface area contributed by atoms with Crippen LogP contribution in [0.1, 0.15) is 41.5 Å². The van der Waals surface area contributed by atoms with Gasteiger partial charge in [0.2, 0.25) is 0 Å². The van der Waals surface area contributed by atoms with E-state index in [4.69, 9.17) is 14.2 Å². The number of benzene rings is 2. The van der Waals surface area contributed by atoms with Gasteiger partial charge < -0.3 is 19.3 Å². The molecule has 1 N–H and O–H groups in total. The third-order valence-corrected chi connectivity index (χ3v) is 7.33. The number of anilines is 1. The smallest absolute Gasteiger partial charge is 0.300 e. The van der Waals surface area contributed by atoms with Crippen LogP contribution in [0.5, 0.6) is 17.2 Å². The van der Waals surface area contributed by atoms with Crippen molar-refractivity contribution in [2.75, 3.05) is 25.7 Å². The van der Waals surface area contributed by atoms with E-state index in [0.717, 1.165) is 16.0 Å². The Labute approximate surface area is 220 Å². The van der Waals surface area contributed by atoms with E-state index in [1.54, 1.807) is 36.4 Å². The van der Waals surface area contributed by atoms with Crippen LogP contribution >= 0.6 is 11.3 Å². The van der Waals surface area contributed by atoms with E-state index in [1.165, 1.54) is 30.5 Å². The zero-order valence-corrected chi connectivity index (χ0v) is 22.6. The van der Waals surface area contributed by atoms with Crippen LogP contribution in [0, 0.1) is 19.8 Å². The third kappa shape index (κ3) is 4.93. The summed E-state index contributed by atoms with van der Waals surface area (Å²) >= 11 is 1.43. The number of amides is 1. The lowest BCUT2D eigenvalue weighted by atomic mass is 9.97. The fraction of sp³-hybridized carbons (Fsp3) is 0.310. The largest absolute Gasteiger partial charge is 0.507 e. The van der Waals surface area contributed by atoms with Gasteiger partial charge in [-0.25, -0.2) is 0 Å². The summed E-state index contributed by atoms with van der Waals surface area (Å²) in [7, 11) is 3.04. The molecule has 0 saturated carbocycles. The van der Waals surface area contributed by atoms with Gasteiger partial charge in [0.05, 0.1) is 26.4 Å². The molecule has 1 aliphatic heterocycles. The summed E-state index contributed by atoms with van der Waals surface area (Å²) in [5, 5.41) is 13.4. The summed E-state index contributed by atoms with van der Waals surface area (Å²) in [6, 6.07) is 11.4. The third-order valence-electron chi connectivity index (χ3n) is 6.26. The van der Waals surface area contributed by atoms with E-state index in [9.17, 15) is 14.7 Å². The highest BCUT2D eigenvalue weighted by Crippen LogP contribution is 2.46. The summed E-state index contributed by atoms with van der Waals surface area (Å²) in [6.07, 6.45) is 0. The Balaban J connectivity index is 1.86. The Hall–Kier alpha value is -3.78. The monoisotopic (exact) mass is 521 g/mol. The van der Waals surface area contributed by atoms with Crippen LogP contribution in [0.25, 0.3) is 5.76 Å². The summed E-state index contributed by atoms with van der Waals surface area (Å²) in [5.41, 5.74) is 2.69. The number of ether oxygens (including phenoxy) is 3. The first kappa shape index (κ1) is 26.3. The number of hydrogen-bond acceptors (Lipinski definition) is 7. The fourth-order valence-electron chi connectivity index (χ4n) is 4.36. The van der Waals surface area contributed by atoms with Crippen molar-refractivity contribution in [2.24, 2.45) is 5.92 Å². The molecule has 0 aliphatic carbocycles. The highest BCUT2D eigenvalue weighted by atomic mass is 32.1. The van der Waals surface area contributed by atoms with Crippen molar-refractivity contribution in [3.05, 3.63) is 75.0 Å². The summed E-state index contributed by atoms with van der Waals surface area (Å²) in [4.78, 5) is 29.1. The van der Waals surface area contributed by atoms with E-state index >= 15 is 0 Å². The predicted octanol–water partition coefficient (Wildman–Crippen LogP) is 6.04. The molecule has 37 heavy (non-hydrogen) atoms. The van der Waals surface area contributed by atoms with Crippen molar-refractivity contribution in [1.29, 1.82) is 0 Å². The maximum Gasteiger partial charge on any atom is 0.300 e. The number of carbonyl (C=O) groups is 2. The van der Waals surface area contributed by atoms with Crippen LogP contribution in [-0.2, 0) is 9.59 Å². The van der Waals surface area contributed by atoms with Crippen molar-refractivity contribution < 1.29 is 28.9 Å². The molecule has 1 amide bonds. The van der Waals surface area contributed by atoms with E-state index in [1.807, 2.05) is 25.3 Å². The number of aliphatic hydroxyl groups is 1. The van der Waals surface area contributed by atoms with Gasteiger partial charge >= 0.3 is 0 Å². The lowest BCUT2D eigenvalue weighted by Crippen LogP contribution is -2.29. The van der Waals surface area contributed by atoms with Gasteiger partial charge in [0, 0.05) is 22.2 Å². The second kappa shape index (κ2) is 10.7. The van der Waals surface area contributed by atoms with Crippen molar-refractivity contribution in [2.45, 2.75) is 33.7 Å². The lowest BCUT2D eigenvalue weighted by molar-refractivity contribution is -0.132. The number of aliphatic hydroxyl groups excluding tert-OH is 1. The Bertz CT molecular complexity index is 1370. The zero-order chi connectivity index (χ0) is 26.9. The predicted molar refractivity (Wildman–Crippen MR) is 145 cm³/mol. The molecule has 7 nitrogen and oxygen atoms in total. The quantitative estimate of drug-likeness (QED) is 0.221. The molecule has 2 heterocycles. The molecule has 1 saturated heterocycles. The summed E-state index contributed by atoms with van der Waals surface area (Å²) < 4.78 is 16.6. The van der Waals surface area contributed by atoms with Gasteiger partial charge in [0.25, 0.3) is 11.7 Å². The van der Waals surface area contributed by atoms with Crippen molar-refractivity contribution in [1.82, 2.24) is 0 Å². The van der Waals surface area contributed by atoms with Crippen molar-refractivity contribution in [3.63, 3.8) is 0 Å². The maximum absolute atomic E-state index is 13.4. The molecule has 1 fully saturated rings. The number of Topliss-reactive ketones (excluding diaryl/α,β-unsaturated/α-hetero) is 1.